The minimum absolute atomic E-state index is 0.197. The molecule has 0 radical (unpaired) electrons. The SMILES string of the molecule is O=C(CCC1CCCO1)N1CCCCC1c1cc2ccccc2[nH]1. The Hall–Kier alpha value is -1.81. The molecule has 2 saturated heterocycles. The van der Waals surface area contributed by atoms with Gasteiger partial charge in [0, 0.05) is 30.8 Å². The van der Waals surface area contributed by atoms with Gasteiger partial charge in [0.1, 0.15) is 0 Å². The Kier molecular flexibility index (Phi) is 4.56. The highest BCUT2D eigenvalue weighted by molar-refractivity contribution is 5.81. The number of nitrogens with one attached hydrogen (secondary N) is 1. The van der Waals surface area contributed by atoms with E-state index in [9.17, 15) is 4.79 Å². The molecule has 0 bridgehead atoms. The van der Waals surface area contributed by atoms with E-state index in [0.717, 1.165) is 50.8 Å². The minimum atomic E-state index is 0.197. The summed E-state index contributed by atoms with van der Waals surface area (Å²) in [6.07, 6.45) is 7.39. The van der Waals surface area contributed by atoms with Crippen LogP contribution in [-0.2, 0) is 9.53 Å². The first-order valence-corrected chi connectivity index (χ1v) is 9.30. The number of H-pyrrole nitrogens is 1. The Morgan fingerprint density at radius 2 is 2.12 bits per heavy atom. The van der Waals surface area contributed by atoms with Gasteiger partial charge in [0.05, 0.1) is 12.1 Å². The van der Waals surface area contributed by atoms with E-state index >= 15 is 0 Å². The summed E-state index contributed by atoms with van der Waals surface area (Å²) >= 11 is 0. The number of nitrogens with zero attached hydrogens (tertiary/aromatic N) is 1. The predicted molar refractivity (Wildman–Crippen MR) is 94.8 cm³/mol. The molecule has 2 atom stereocenters. The molecule has 1 aromatic carbocycles. The number of benzene rings is 1. The van der Waals surface area contributed by atoms with Crippen molar-refractivity contribution in [1.82, 2.24) is 9.88 Å². The maximum atomic E-state index is 12.8. The Labute approximate surface area is 143 Å². The van der Waals surface area contributed by atoms with Gasteiger partial charge in [-0.2, -0.15) is 0 Å². The smallest absolute Gasteiger partial charge is 0.223 e. The molecule has 4 nitrogen and oxygen atoms in total. The molecule has 1 N–H and O–H groups in total. The van der Waals surface area contributed by atoms with Crippen LogP contribution in [0.1, 0.15) is 56.7 Å². The quantitative estimate of drug-likeness (QED) is 0.916. The molecule has 4 rings (SSSR count). The molecule has 1 aromatic heterocycles. The van der Waals surface area contributed by atoms with Crippen molar-refractivity contribution in [3.63, 3.8) is 0 Å². The molecular weight excluding hydrogens is 300 g/mol. The number of ether oxygens (including phenoxy) is 1. The monoisotopic (exact) mass is 326 g/mol. The highest BCUT2D eigenvalue weighted by Gasteiger charge is 2.29. The molecule has 4 heteroatoms. The van der Waals surface area contributed by atoms with Gasteiger partial charge >= 0.3 is 0 Å². The number of carbonyl (C=O) groups excluding carboxylic acids is 1. The fourth-order valence-electron chi connectivity index (χ4n) is 4.13. The molecule has 3 heterocycles. The lowest BCUT2D eigenvalue weighted by Crippen LogP contribution is -2.38. The van der Waals surface area contributed by atoms with Crippen molar-refractivity contribution in [2.24, 2.45) is 0 Å². The number of hydrogen-bond donors (Lipinski definition) is 1. The van der Waals surface area contributed by atoms with Crippen LogP contribution in [0.25, 0.3) is 10.9 Å². The lowest BCUT2D eigenvalue weighted by atomic mass is 9.98. The maximum Gasteiger partial charge on any atom is 0.223 e. The van der Waals surface area contributed by atoms with Gasteiger partial charge in [-0.15, -0.1) is 0 Å². The van der Waals surface area contributed by atoms with E-state index in [-0.39, 0.29) is 11.9 Å². The summed E-state index contributed by atoms with van der Waals surface area (Å²) in [6, 6.07) is 10.8. The highest BCUT2D eigenvalue weighted by atomic mass is 16.5. The van der Waals surface area contributed by atoms with Crippen molar-refractivity contribution in [3.8, 4) is 0 Å². The Morgan fingerprint density at radius 3 is 2.96 bits per heavy atom. The molecule has 24 heavy (non-hydrogen) atoms. The molecule has 0 saturated carbocycles. The number of rotatable bonds is 4. The number of hydrogen-bond acceptors (Lipinski definition) is 2. The van der Waals surface area contributed by atoms with Crippen molar-refractivity contribution in [2.75, 3.05) is 13.2 Å². The second kappa shape index (κ2) is 6.98. The third kappa shape index (κ3) is 3.20. The van der Waals surface area contributed by atoms with Crippen LogP contribution in [-0.4, -0.2) is 35.0 Å². The van der Waals surface area contributed by atoms with E-state index in [1.807, 2.05) is 6.07 Å². The van der Waals surface area contributed by atoms with Gasteiger partial charge in [0.25, 0.3) is 0 Å². The minimum Gasteiger partial charge on any atom is -0.378 e. The number of aromatic nitrogens is 1. The number of aromatic amines is 1. The average molecular weight is 326 g/mol. The Morgan fingerprint density at radius 1 is 1.21 bits per heavy atom. The topological polar surface area (TPSA) is 45.3 Å². The van der Waals surface area contributed by atoms with Crippen LogP contribution in [0, 0.1) is 0 Å². The number of para-hydroxylation sites is 1. The average Bonchev–Trinajstić information content (AvgIpc) is 3.29. The molecule has 2 aliphatic heterocycles. The lowest BCUT2D eigenvalue weighted by Gasteiger charge is -2.35. The molecule has 1 amide bonds. The molecule has 2 aromatic rings. The van der Waals surface area contributed by atoms with Crippen LogP contribution in [0.2, 0.25) is 0 Å². The molecule has 0 aliphatic carbocycles. The van der Waals surface area contributed by atoms with Gasteiger partial charge in [-0.25, -0.2) is 0 Å². The molecule has 0 spiro atoms. The van der Waals surface area contributed by atoms with E-state index in [1.54, 1.807) is 0 Å². The van der Waals surface area contributed by atoms with Crippen LogP contribution in [0.4, 0.5) is 0 Å². The molecule has 2 aliphatic rings. The first-order valence-electron chi connectivity index (χ1n) is 9.30. The number of carbonyl (C=O) groups is 1. The number of likely N-dealkylation sites (tertiary alicyclic amines) is 1. The van der Waals surface area contributed by atoms with Crippen molar-refractivity contribution in [2.45, 2.75) is 57.1 Å². The van der Waals surface area contributed by atoms with Gasteiger partial charge in [-0.1, -0.05) is 18.2 Å². The van der Waals surface area contributed by atoms with Crippen molar-refractivity contribution >= 4 is 16.8 Å². The fourth-order valence-corrected chi connectivity index (χ4v) is 4.13. The summed E-state index contributed by atoms with van der Waals surface area (Å²) in [5.41, 5.74) is 2.34. The van der Waals surface area contributed by atoms with E-state index in [0.29, 0.717) is 12.5 Å². The number of fused-ring (bicyclic) bond motifs is 1. The largest absolute Gasteiger partial charge is 0.378 e. The zero-order valence-corrected chi connectivity index (χ0v) is 14.2. The molecule has 2 fully saturated rings. The van der Waals surface area contributed by atoms with Crippen LogP contribution in [0.5, 0.6) is 0 Å². The lowest BCUT2D eigenvalue weighted by molar-refractivity contribution is -0.135. The second-order valence-electron chi connectivity index (χ2n) is 7.08. The van der Waals surface area contributed by atoms with E-state index in [2.05, 4.69) is 34.1 Å². The van der Waals surface area contributed by atoms with Gasteiger partial charge < -0.3 is 14.6 Å². The third-order valence-electron chi connectivity index (χ3n) is 5.44. The van der Waals surface area contributed by atoms with Crippen molar-refractivity contribution in [3.05, 3.63) is 36.0 Å². The van der Waals surface area contributed by atoms with Gasteiger partial charge in [0.15, 0.2) is 0 Å². The Balaban J connectivity index is 1.48. The van der Waals surface area contributed by atoms with Crippen LogP contribution in [0.15, 0.2) is 30.3 Å². The zero-order chi connectivity index (χ0) is 16.4. The zero-order valence-electron chi connectivity index (χ0n) is 14.2. The van der Waals surface area contributed by atoms with Crippen LogP contribution in [0.3, 0.4) is 0 Å². The standard InChI is InChI=1S/C20H26N2O2/c23-20(11-10-16-7-5-13-24-16)22-12-4-3-9-19(22)18-14-15-6-1-2-8-17(15)21-18/h1-2,6,8,14,16,19,21H,3-5,7,9-13H2. The fraction of sp³-hybridized carbons (Fsp3) is 0.550. The molecular formula is C20H26N2O2. The third-order valence-corrected chi connectivity index (χ3v) is 5.44. The number of amides is 1. The van der Waals surface area contributed by atoms with Crippen molar-refractivity contribution in [1.29, 1.82) is 0 Å². The van der Waals surface area contributed by atoms with E-state index < -0.39 is 0 Å². The molecule has 128 valence electrons. The predicted octanol–water partition coefficient (Wildman–Crippen LogP) is 4.18. The van der Waals surface area contributed by atoms with Crippen LogP contribution < -0.4 is 0 Å². The summed E-state index contributed by atoms with van der Waals surface area (Å²) in [5.74, 6) is 0.286. The summed E-state index contributed by atoms with van der Waals surface area (Å²) < 4.78 is 5.67. The molecule has 2 unspecified atom stereocenters. The summed E-state index contributed by atoms with van der Waals surface area (Å²) in [5, 5.41) is 1.23. The maximum absolute atomic E-state index is 12.8. The van der Waals surface area contributed by atoms with E-state index in [1.165, 1.54) is 17.5 Å². The Bertz CT molecular complexity index is 669. The first kappa shape index (κ1) is 15.7. The van der Waals surface area contributed by atoms with E-state index in [4.69, 9.17) is 4.74 Å². The van der Waals surface area contributed by atoms with Gasteiger partial charge in [-0.05, 0) is 56.0 Å². The van der Waals surface area contributed by atoms with Crippen molar-refractivity contribution < 1.29 is 9.53 Å². The summed E-state index contributed by atoms with van der Waals surface area (Å²) in [4.78, 5) is 18.4. The second-order valence-corrected chi connectivity index (χ2v) is 7.08. The summed E-state index contributed by atoms with van der Waals surface area (Å²) in [7, 11) is 0. The van der Waals surface area contributed by atoms with Gasteiger partial charge in [0.2, 0.25) is 5.91 Å². The normalized spacial score (nSPS) is 24.6. The van der Waals surface area contributed by atoms with Crippen LogP contribution >= 0.6 is 0 Å². The number of piperidine rings is 1. The summed E-state index contributed by atoms with van der Waals surface area (Å²) in [6.45, 7) is 1.74. The van der Waals surface area contributed by atoms with Gasteiger partial charge in [-0.3, -0.25) is 4.79 Å². The first-order chi connectivity index (χ1) is 11.8. The highest BCUT2D eigenvalue weighted by Crippen LogP contribution is 2.33.